The highest BCUT2D eigenvalue weighted by Crippen LogP contribution is 2.21. The second-order valence-corrected chi connectivity index (χ2v) is 4.70. The summed E-state index contributed by atoms with van der Waals surface area (Å²) in [7, 11) is 0. The van der Waals surface area contributed by atoms with Crippen molar-refractivity contribution in [3.05, 3.63) is 29.6 Å². The van der Waals surface area contributed by atoms with E-state index in [1.807, 2.05) is 13.8 Å². The lowest BCUT2D eigenvalue weighted by atomic mass is 10.1. The Morgan fingerprint density at radius 1 is 1.33 bits per heavy atom. The summed E-state index contributed by atoms with van der Waals surface area (Å²) < 4.78 is 19.1. The molecule has 0 fully saturated rings. The van der Waals surface area contributed by atoms with Crippen LogP contribution in [0.25, 0.3) is 0 Å². The van der Waals surface area contributed by atoms with Crippen LogP contribution in [0.4, 0.5) is 4.39 Å². The smallest absolute Gasteiger partial charge is 0.126 e. The van der Waals surface area contributed by atoms with E-state index in [0.29, 0.717) is 11.8 Å². The molecular formula is C15H24FNO. The van der Waals surface area contributed by atoms with Gasteiger partial charge in [0.15, 0.2) is 0 Å². The van der Waals surface area contributed by atoms with Crippen molar-refractivity contribution in [2.75, 3.05) is 6.54 Å². The number of halogens is 1. The van der Waals surface area contributed by atoms with Crippen molar-refractivity contribution < 1.29 is 9.13 Å². The number of hydrogen-bond acceptors (Lipinski definition) is 2. The van der Waals surface area contributed by atoms with Crippen molar-refractivity contribution in [1.29, 1.82) is 0 Å². The van der Waals surface area contributed by atoms with Gasteiger partial charge in [-0.3, -0.25) is 0 Å². The maximum atomic E-state index is 13.2. The number of nitrogens with one attached hydrogen (secondary N) is 1. The molecule has 0 aliphatic heterocycles. The summed E-state index contributed by atoms with van der Waals surface area (Å²) in [5.74, 6) is 0.386. The van der Waals surface area contributed by atoms with Crippen molar-refractivity contribution in [2.45, 2.75) is 52.7 Å². The maximum Gasteiger partial charge on any atom is 0.126 e. The minimum atomic E-state index is -0.252. The minimum absolute atomic E-state index is 0.0297. The molecule has 0 bridgehead atoms. The largest absolute Gasteiger partial charge is 0.489 e. The first-order chi connectivity index (χ1) is 8.58. The van der Waals surface area contributed by atoms with Crippen LogP contribution in [0.2, 0.25) is 0 Å². The summed E-state index contributed by atoms with van der Waals surface area (Å²) in [6, 6.07) is 4.96. The van der Waals surface area contributed by atoms with Gasteiger partial charge in [-0.05, 0) is 44.9 Å². The fourth-order valence-electron chi connectivity index (χ4n) is 1.96. The molecule has 1 rings (SSSR count). The molecule has 0 saturated carbocycles. The highest BCUT2D eigenvalue weighted by Gasteiger charge is 2.17. The van der Waals surface area contributed by atoms with Crippen LogP contribution in [0.3, 0.4) is 0 Å². The van der Waals surface area contributed by atoms with E-state index in [-0.39, 0.29) is 11.9 Å². The lowest BCUT2D eigenvalue weighted by molar-refractivity contribution is 0.165. The number of aryl methyl sites for hydroxylation is 1. The molecule has 2 atom stereocenters. The number of hydrogen-bond donors (Lipinski definition) is 1. The Labute approximate surface area is 110 Å². The Bertz CT molecular complexity index is 368. The fourth-order valence-corrected chi connectivity index (χ4v) is 1.96. The van der Waals surface area contributed by atoms with E-state index in [2.05, 4.69) is 19.2 Å². The van der Waals surface area contributed by atoms with Crippen LogP contribution in [0.5, 0.6) is 5.75 Å². The van der Waals surface area contributed by atoms with E-state index in [1.165, 1.54) is 12.1 Å². The highest BCUT2D eigenvalue weighted by molar-refractivity contribution is 5.32. The number of rotatable bonds is 7. The van der Waals surface area contributed by atoms with Gasteiger partial charge < -0.3 is 10.1 Å². The van der Waals surface area contributed by atoms with Gasteiger partial charge >= 0.3 is 0 Å². The van der Waals surface area contributed by atoms with Gasteiger partial charge in [-0.2, -0.15) is 0 Å². The molecule has 0 amide bonds. The summed E-state index contributed by atoms with van der Waals surface area (Å²) in [4.78, 5) is 0. The van der Waals surface area contributed by atoms with Crippen LogP contribution in [0.1, 0.15) is 39.2 Å². The normalized spacial score (nSPS) is 14.3. The molecule has 102 valence electrons. The van der Waals surface area contributed by atoms with Crippen molar-refractivity contribution in [3.63, 3.8) is 0 Å². The van der Waals surface area contributed by atoms with Gasteiger partial charge in [0.2, 0.25) is 0 Å². The fraction of sp³-hybridized carbons (Fsp3) is 0.600. The predicted octanol–water partition coefficient (Wildman–Crippen LogP) is 3.68. The highest BCUT2D eigenvalue weighted by atomic mass is 19.1. The summed E-state index contributed by atoms with van der Waals surface area (Å²) in [5, 5.41) is 3.45. The van der Waals surface area contributed by atoms with Crippen molar-refractivity contribution in [3.8, 4) is 5.75 Å². The Hall–Kier alpha value is -1.09. The maximum absolute atomic E-state index is 13.2. The van der Waals surface area contributed by atoms with E-state index in [4.69, 9.17) is 4.74 Å². The topological polar surface area (TPSA) is 21.3 Å². The first-order valence-corrected chi connectivity index (χ1v) is 6.74. The molecule has 0 saturated heterocycles. The predicted molar refractivity (Wildman–Crippen MR) is 73.6 cm³/mol. The molecule has 18 heavy (non-hydrogen) atoms. The second-order valence-electron chi connectivity index (χ2n) is 4.70. The van der Waals surface area contributed by atoms with E-state index in [1.54, 1.807) is 6.07 Å². The van der Waals surface area contributed by atoms with E-state index in [0.717, 1.165) is 24.9 Å². The zero-order chi connectivity index (χ0) is 13.5. The molecule has 1 aromatic carbocycles. The van der Waals surface area contributed by atoms with Crippen LogP contribution in [-0.2, 0) is 0 Å². The van der Waals surface area contributed by atoms with Gasteiger partial charge in [-0.25, -0.2) is 4.39 Å². The summed E-state index contributed by atoms with van der Waals surface area (Å²) in [5.41, 5.74) is 0.966. The molecule has 0 aliphatic rings. The molecular weight excluding hydrogens is 229 g/mol. The molecule has 3 heteroatoms. The number of benzene rings is 1. The molecule has 0 spiro atoms. The third-order valence-corrected chi connectivity index (χ3v) is 3.13. The first kappa shape index (κ1) is 15.0. The molecule has 1 N–H and O–H groups in total. The Balaban J connectivity index is 2.66. The summed E-state index contributed by atoms with van der Waals surface area (Å²) in [6.07, 6.45) is 2.12. The van der Waals surface area contributed by atoms with E-state index < -0.39 is 0 Å². The van der Waals surface area contributed by atoms with Crippen molar-refractivity contribution >= 4 is 0 Å². The second kappa shape index (κ2) is 7.37. The van der Waals surface area contributed by atoms with Crippen LogP contribution >= 0.6 is 0 Å². The van der Waals surface area contributed by atoms with Gasteiger partial charge in [0.1, 0.15) is 17.7 Å². The zero-order valence-electron chi connectivity index (χ0n) is 11.8. The SMILES string of the molecule is CCCNC(CC)C(C)Oc1cc(F)ccc1C. The van der Waals surface area contributed by atoms with Gasteiger partial charge in [0.05, 0.1) is 0 Å². The minimum Gasteiger partial charge on any atom is -0.489 e. The van der Waals surface area contributed by atoms with Crippen LogP contribution < -0.4 is 10.1 Å². The van der Waals surface area contributed by atoms with E-state index in [9.17, 15) is 4.39 Å². The first-order valence-electron chi connectivity index (χ1n) is 6.74. The molecule has 1 aromatic rings. The van der Waals surface area contributed by atoms with Gasteiger partial charge in [0.25, 0.3) is 0 Å². The standard InChI is InChI=1S/C15H24FNO/c1-5-9-17-14(6-2)12(4)18-15-10-13(16)8-7-11(15)3/h7-8,10,12,14,17H,5-6,9H2,1-4H3. The zero-order valence-corrected chi connectivity index (χ0v) is 11.8. The lowest BCUT2D eigenvalue weighted by Crippen LogP contribution is -2.41. The molecule has 2 nitrogen and oxygen atoms in total. The molecule has 0 radical (unpaired) electrons. The molecule has 0 aromatic heterocycles. The van der Waals surface area contributed by atoms with Crippen LogP contribution in [0, 0.1) is 12.7 Å². The van der Waals surface area contributed by atoms with Crippen molar-refractivity contribution in [1.82, 2.24) is 5.32 Å². The van der Waals surface area contributed by atoms with E-state index >= 15 is 0 Å². The monoisotopic (exact) mass is 253 g/mol. The lowest BCUT2D eigenvalue weighted by Gasteiger charge is -2.25. The Morgan fingerprint density at radius 3 is 2.67 bits per heavy atom. The van der Waals surface area contributed by atoms with Gasteiger partial charge in [0, 0.05) is 12.1 Å². The third kappa shape index (κ3) is 4.30. The summed E-state index contributed by atoms with van der Waals surface area (Å²) in [6.45, 7) is 9.21. The Morgan fingerprint density at radius 2 is 2.06 bits per heavy atom. The van der Waals surface area contributed by atoms with Crippen molar-refractivity contribution in [2.24, 2.45) is 0 Å². The summed E-state index contributed by atoms with van der Waals surface area (Å²) >= 11 is 0. The average molecular weight is 253 g/mol. The average Bonchev–Trinajstić information content (AvgIpc) is 2.35. The third-order valence-electron chi connectivity index (χ3n) is 3.13. The Kier molecular flexibility index (Phi) is 6.13. The number of ether oxygens (including phenoxy) is 1. The molecule has 0 heterocycles. The van der Waals surface area contributed by atoms with Gasteiger partial charge in [-0.15, -0.1) is 0 Å². The van der Waals surface area contributed by atoms with Gasteiger partial charge in [-0.1, -0.05) is 19.9 Å². The molecule has 2 unspecified atom stereocenters. The quantitative estimate of drug-likeness (QED) is 0.800. The van der Waals surface area contributed by atoms with Crippen LogP contribution in [0.15, 0.2) is 18.2 Å². The van der Waals surface area contributed by atoms with Crippen LogP contribution in [-0.4, -0.2) is 18.7 Å². The molecule has 0 aliphatic carbocycles.